The van der Waals surface area contributed by atoms with E-state index < -0.39 is 5.72 Å². The molecule has 0 aliphatic carbocycles. The van der Waals surface area contributed by atoms with E-state index in [0.29, 0.717) is 13.2 Å². The Morgan fingerprint density at radius 3 is 2.90 bits per heavy atom. The van der Waals surface area contributed by atoms with Crippen LogP contribution in [0.25, 0.3) is 0 Å². The van der Waals surface area contributed by atoms with Crippen molar-refractivity contribution in [3.8, 4) is 0 Å². The van der Waals surface area contributed by atoms with Crippen molar-refractivity contribution in [3.63, 3.8) is 0 Å². The second-order valence-electron chi connectivity index (χ2n) is 5.49. The molecule has 0 saturated carbocycles. The SMILES string of the molecule is Cc1cccc(C23OCCN2C(=O)Nc2ccccc23)c1. The van der Waals surface area contributed by atoms with Gasteiger partial charge in [-0.1, -0.05) is 48.0 Å². The van der Waals surface area contributed by atoms with Gasteiger partial charge in [-0.05, 0) is 13.0 Å². The van der Waals surface area contributed by atoms with Crippen molar-refractivity contribution in [2.45, 2.75) is 12.6 Å². The first-order valence-electron chi connectivity index (χ1n) is 7.11. The molecule has 1 atom stereocenters. The molecule has 21 heavy (non-hydrogen) atoms. The number of rotatable bonds is 1. The molecular formula is C17H16N2O2. The van der Waals surface area contributed by atoms with Crippen LogP contribution in [0.15, 0.2) is 48.5 Å². The fraction of sp³-hybridized carbons (Fsp3) is 0.235. The Hall–Kier alpha value is -2.33. The zero-order chi connectivity index (χ0) is 14.4. The van der Waals surface area contributed by atoms with Crippen molar-refractivity contribution in [2.24, 2.45) is 0 Å². The van der Waals surface area contributed by atoms with Gasteiger partial charge in [0.25, 0.3) is 0 Å². The van der Waals surface area contributed by atoms with E-state index >= 15 is 0 Å². The van der Waals surface area contributed by atoms with Crippen molar-refractivity contribution in [3.05, 3.63) is 65.2 Å². The number of carbonyl (C=O) groups is 1. The minimum absolute atomic E-state index is 0.104. The standard InChI is InChI=1S/C17H16N2O2/c1-12-5-4-6-13(11-12)17-14-7-2-3-8-15(14)18-16(20)19(17)9-10-21-17/h2-8,11H,9-10H2,1H3,(H,18,20). The van der Waals surface area contributed by atoms with E-state index in [9.17, 15) is 4.79 Å². The molecule has 106 valence electrons. The molecule has 1 saturated heterocycles. The molecule has 1 N–H and O–H groups in total. The van der Waals surface area contributed by atoms with Crippen LogP contribution in [0.5, 0.6) is 0 Å². The predicted molar refractivity (Wildman–Crippen MR) is 80.1 cm³/mol. The van der Waals surface area contributed by atoms with Crippen molar-refractivity contribution < 1.29 is 9.53 Å². The number of nitrogens with zero attached hydrogens (tertiary/aromatic N) is 1. The Morgan fingerprint density at radius 2 is 2.05 bits per heavy atom. The molecule has 1 unspecified atom stereocenters. The second kappa shape index (κ2) is 4.33. The van der Waals surface area contributed by atoms with E-state index in [1.807, 2.05) is 49.4 Å². The molecule has 2 aliphatic heterocycles. The quantitative estimate of drug-likeness (QED) is 0.872. The molecule has 2 amide bonds. The molecule has 4 rings (SSSR count). The molecule has 0 radical (unpaired) electrons. The Bertz CT molecular complexity index is 728. The largest absolute Gasteiger partial charge is 0.345 e. The number of amides is 2. The van der Waals surface area contributed by atoms with Gasteiger partial charge in [-0.25, -0.2) is 4.79 Å². The Kier molecular flexibility index (Phi) is 2.56. The number of fused-ring (bicyclic) bond motifs is 3. The van der Waals surface area contributed by atoms with Crippen LogP contribution in [0, 0.1) is 6.92 Å². The van der Waals surface area contributed by atoms with Crippen molar-refractivity contribution in [1.29, 1.82) is 0 Å². The van der Waals surface area contributed by atoms with E-state index in [1.165, 1.54) is 0 Å². The fourth-order valence-electron chi connectivity index (χ4n) is 3.31. The van der Waals surface area contributed by atoms with Crippen LogP contribution in [-0.2, 0) is 10.5 Å². The van der Waals surface area contributed by atoms with Crippen LogP contribution in [0.2, 0.25) is 0 Å². The number of nitrogens with one attached hydrogen (secondary N) is 1. The summed E-state index contributed by atoms with van der Waals surface area (Å²) in [5, 5.41) is 2.95. The van der Waals surface area contributed by atoms with Gasteiger partial charge in [0.15, 0.2) is 5.72 Å². The molecular weight excluding hydrogens is 264 g/mol. The summed E-state index contributed by atoms with van der Waals surface area (Å²) in [6.07, 6.45) is 0. The number of hydrogen-bond acceptors (Lipinski definition) is 2. The van der Waals surface area contributed by atoms with Crippen molar-refractivity contribution >= 4 is 11.7 Å². The van der Waals surface area contributed by atoms with E-state index in [2.05, 4.69) is 11.4 Å². The number of anilines is 1. The van der Waals surface area contributed by atoms with Crippen molar-refractivity contribution in [1.82, 2.24) is 4.90 Å². The maximum Gasteiger partial charge on any atom is 0.324 e. The van der Waals surface area contributed by atoms with Gasteiger partial charge < -0.3 is 10.1 Å². The summed E-state index contributed by atoms with van der Waals surface area (Å²) >= 11 is 0. The molecule has 0 spiro atoms. The smallest absolute Gasteiger partial charge is 0.324 e. The monoisotopic (exact) mass is 280 g/mol. The summed E-state index contributed by atoms with van der Waals surface area (Å²) in [5.74, 6) is 0. The normalized spacial score (nSPS) is 23.5. The third-order valence-electron chi connectivity index (χ3n) is 4.19. The number of ether oxygens (including phenoxy) is 1. The minimum Gasteiger partial charge on any atom is -0.345 e. The first-order chi connectivity index (χ1) is 10.2. The lowest BCUT2D eigenvalue weighted by molar-refractivity contribution is -0.0326. The summed E-state index contributed by atoms with van der Waals surface area (Å²) in [4.78, 5) is 14.2. The molecule has 2 heterocycles. The van der Waals surface area contributed by atoms with Crippen LogP contribution in [0.3, 0.4) is 0 Å². The summed E-state index contributed by atoms with van der Waals surface area (Å²) in [6, 6.07) is 15.9. The van der Waals surface area contributed by atoms with Gasteiger partial charge in [0.1, 0.15) is 0 Å². The van der Waals surface area contributed by atoms with Crippen LogP contribution < -0.4 is 5.32 Å². The molecule has 1 fully saturated rings. The lowest BCUT2D eigenvalue weighted by Gasteiger charge is -2.42. The lowest BCUT2D eigenvalue weighted by Crippen LogP contribution is -2.52. The first kappa shape index (κ1) is 12.4. The van der Waals surface area contributed by atoms with E-state index in [4.69, 9.17) is 4.74 Å². The van der Waals surface area contributed by atoms with Gasteiger partial charge in [0.05, 0.1) is 12.3 Å². The molecule has 2 aromatic carbocycles. The fourth-order valence-corrected chi connectivity index (χ4v) is 3.31. The highest BCUT2D eigenvalue weighted by atomic mass is 16.5. The van der Waals surface area contributed by atoms with E-state index in [0.717, 1.165) is 22.4 Å². The van der Waals surface area contributed by atoms with Crippen LogP contribution in [0.1, 0.15) is 16.7 Å². The zero-order valence-corrected chi connectivity index (χ0v) is 11.8. The van der Waals surface area contributed by atoms with Gasteiger partial charge in [0.2, 0.25) is 0 Å². The van der Waals surface area contributed by atoms with Gasteiger partial charge in [-0.3, -0.25) is 4.90 Å². The Morgan fingerprint density at radius 1 is 1.19 bits per heavy atom. The van der Waals surface area contributed by atoms with Gasteiger partial charge in [-0.2, -0.15) is 0 Å². The maximum atomic E-state index is 12.4. The average molecular weight is 280 g/mol. The molecule has 4 nitrogen and oxygen atoms in total. The van der Waals surface area contributed by atoms with Crippen molar-refractivity contribution in [2.75, 3.05) is 18.5 Å². The second-order valence-corrected chi connectivity index (χ2v) is 5.49. The number of benzene rings is 2. The van der Waals surface area contributed by atoms with Crippen LogP contribution >= 0.6 is 0 Å². The highest BCUT2D eigenvalue weighted by Crippen LogP contribution is 2.46. The highest BCUT2D eigenvalue weighted by molar-refractivity contribution is 5.94. The molecule has 4 heteroatoms. The Balaban J connectivity index is 2.01. The molecule has 0 aromatic heterocycles. The first-order valence-corrected chi connectivity index (χ1v) is 7.11. The third-order valence-corrected chi connectivity index (χ3v) is 4.19. The third kappa shape index (κ3) is 1.63. The highest BCUT2D eigenvalue weighted by Gasteiger charge is 2.52. The predicted octanol–water partition coefficient (Wildman–Crippen LogP) is 3.07. The molecule has 2 aliphatic rings. The van der Waals surface area contributed by atoms with Gasteiger partial charge >= 0.3 is 6.03 Å². The number of para-hydroxylation sites is 1. The zero-order valence-electron chi connectivity index (χ0n) is 11.8. The van der Waals surface area contributed by atoms with Gasteiger partial charge in [-0.15, -0.1) is 0 Å². The van der Waals surface area contributed by atoms with E-state index in [-0.39, 0.29) is 6.03 Å². The Labute approximate surface area is 123 Å². The maximum absolute atomic E-state index is 12.4. The average Bonchev–Trinajstić information content (AvgIpc) is 2.94. The topological polar surface area (TPSA) is 41.6 Å². The van der Waals surface area contributed by atoms with Gasteiger partial charge in [0, 0.05) is 17.7 Å². The van der Waals surface area contributed by atoms with Crippen LogP contribution in [0.4, 0.5) is 10.5 Å². The minimum atomic E-state index is -0.801. The molecule has 2 aromatic rings. The summed E-state index contributed by atoms with van der Waals surface area (Å²) in [6.45, 7) is 3.18. The summed E-state index contributed by atoms with van der Waals surface area (Å²) < 4.78 is 6.15. The number of hydrogen-bond donors (Lipinski definition) is 1. The number of aryl methyl sites for hydroxylation is 1. The number of carbonyl (C=O) groups excluding carboxylic acids is 1. The summed E-state index contributed by atoms with van der Waals surface area (Å²) in [5.41, 5.74) is 3.17. The van der Waals surface area contributed by atoms with Crippen LogP contribution in [-0.4, -0.2) is 24.1 Å². The summed E-state index contributed by atoms with van der Waals surface area (Å²) in [7, 11) is 0. The lowest BCUT2D eigenvalue weighted by atomic mass is 9.89. The van der Waals surface area contributed by atoms with E-state index in [1.54, 1.807) is 4.90 Å². The molecule has 0 bridgehead atoms. The number of urea groups is 1.